The monoisotopic (exact) mass is 256 g/mol. The first-order valence-electron chi connectivity index (χ1n) is 4.64. The zero-order chi connectivity index (χ0) is 11.7. The van der Waals surface area contributed by atoms with Crippen molar-refractivity contribution in [3.63, 3.8) is 0 Å². The van der Waals surface area contributed by atoms with E-state index in [2.05, 4.69) is 10.1 Å². The summed E-state index contributed by atoms with van der Waals surface area (Å²) in [7, 11) is 1.82. The first-order chi connectivity index (χ1) is 7.59. The number of rotatable bonds is 2. The zero-order valence-electron chi connectivity index (χ0n) is 8.56. The van der Waals surface area contributed by atoms with E-state index < -0.39 is 6.04 Å². The fraction of sp³-hybridized carbons (Fsp3) is 0.200. The first-order valence-corrected chi connectivity index (χ1v) is 5.39. The van der Waals surface area contributed by atoms with Crippen molar-refractivity contribution in [2.45, 2.75) is 6.04 Å². The molecule has 2 aromatic rings. The molecular formula is C10H10Cl2N4. The average molecular weight is 257 g/mol. The lowest BCUT2D eigenvalue weighted by Crippen LogP contribution is -2.17. The average Bonchev–Trinajstić information content (AvgIpc) is 2.63. The highest BCUT2D eigenvalue weighted by atomic mass is 35.5. The Balaban J connectivity index is 2.41. The third-order valence-corrected chi connectivity index (χ3v) is 2.82. The summed E-state index contributed by atoms with van der Waals surface area (Å²) < 4.78 is 1.69. The molecule has 0 radical (unpaired) electrons. The third kappa shape index (κ3) is 2.04. The molecule has 0 aromatic carbocycles. The van der Waals surface area contributed by atoms with Gasteiger partial charge in [-0.1, -0.05) is 23.2 Å². The Hall–Kier alpha value is -1.10. The second kappa shape index (κ2) is 4.41. The van der Waals surface area contributed by atoms with Crippen LogP contribution in [0.3, 0.4) is 0 Å². The minimum Gasteiger partial charge on any atom is -0.318 e. The predicted octanol–water partition coefficient (Wildman–Crippen LogP) is 2.17. The van der Waals surface area contributed by atoms with Crippen molar-refractivity contribution in [2.24, 2.45) is 12.8 Å². The Morgan fingerprint density at radius 3 is 2.75 bits per heavy atom. The van der Waals surface area contributed by atoms with Crippen LogP contribution in [0.4, 0.5) is 0 Å². The minimum atomic E-state index is -0.405. The molecular weight excluding hydrogens is 247 g/mol. The molecule has 1 unspecified atom stereocenters. The van der Waals surface area contributed by atoms with Crippen LogP contribution in [-0.4, -0.2) is 14.8 Å². The van der Waals surface area contributed by atoms with E-state index in [1.165, 1.54) is 6.20 Å². The van der Waals surface area contributed by atoms with Crippen LogP contribution in [0.15, 0.2) is 24.5 Å². The number of nitrogens with zero attached hydrogens (tertiary/aromatic N) is 3. The van der Waals surface area contributed by atoms with Crippen molar-refractivity contribution < 1.29 is 0 Å². The molecule has 2 heterocycles. The maximum Gasteiger partial charge on any atom is 0.0912 e. The van der Waals surface area contributed by atoms with E-state index in [1.54, 1.807) is 16.9 Å². The van der Waals surface area contributed by atoms with E-state index in [0.29, 0.717) is 15.7 Å². The number of aromatic nitrogens is 3. The maximum absolute atomic E-state index is 6.06. The standard InChI is InChI=1S/C10H10Cl2N4/c1-16-8(2-3-15-16)9(13)10-7(12)4-6(11)5-14-10/h2-5,9H,13H2,1H3. The van der Waals surface area contributed by atoms with Crippen molar-refractivity contribution in [2.75, 3.05) is 0 Å². The van der Waals surface area contributed by atoms with Gasteiger partial charge in [-0.25, -0.2) is 0 Å². The fourth-order valence-electron chi connectivity index (χ4n) is 1.48. The second-order valence-electron chi connectivity index (χ2n) is 3.38. The summed E-state index contributed by atoms with van der Waals surface area (Å²) in [5, 5.41) is 5.00. The van der Waals surface area contributed by atoms with Crippen LogP contribution in [0.5, 0.6) is 0 Å². The molecule has 16 heavy (non-hydrogen) atoms. The lowest BCUT2D eigenvalue weighted by molar-refractivity contribution is 0.664. The van der Waals surface area contributed by atoms with E-state index in [-0.39, 0.29) is 0 Å². The van der Waals surface area contributed by atoms with E-state index in [1.807, 2.05) is 13.1 Å². The molecule has 4 nitrogen and oxygen atoms in total. The molecule has 0 amide bonds. The van der Waals surface area contributed by atoms with Crippen molar-refractivity contribution in [1.82, 2.24) is 14.8 Å². The van der Waals surface area contributed by atoms with Gasteiger partial charge in [-0.05, 0) is 12.1 Å². The molecule has 0 spiro atoms. The van der Waals surface area contributed by atoms with Crippen LogP contribution in [0.1, 0.15) is 17.4 Å². The van der Waals surface area contributed by atoms with Crippen molar-refractivity contribution in [3.8, 4) is 0 Å². The summed E-state index contributed by atoms with van der Waals surface area (Å²) >= 11 is 11.8. The predicted molar refractivity (Wildman–Crippen MR) is 63.5 cm³/mol. The third-order valence-electron chi connectivity index (χ3n) is 2.31. The van der Waals surface area contributed by atoms with E-state index in [4.69, 9.17) is 28.9 Å². The summed E-state index contributed by atoms with van der Waals surface area (Å²) in [6.45, 7) is 0. The van der Waals surface area contributed by atoms with Gasteiger partial charge in [0, 0.05) is 19.4 Å². The van der Waals surface area contributed by atoms with Crippen LogP contribution < -0.4 is 5.73 Å². The molecule has 0 aliphatic rings. The van der Waals surface area contributed by atoms with E-state index >= 15 is 0 Å². The van der Waals surface area contributed by atoms with Gasteiger partial charge in [0.2, 0.25) is 0 Å². The Labute approximate surface area is 103 Å². The summed E-state index contributed by atoms with van der Waals surface area (Å²) in [6.07, 6.45) is 3.21. The second-order valence-corrected chi connectivity index (χ2v) is 4.22. The summed E-state index contributed by atoms with van der Waals surface area (Å²) in [5.41, 5.74) is 7.50. The van der Waals surface area contributed by atoms with Gasteiger partial charge in [0.25, 0.3) is 0 Å². The normalized spacial score (nSPS) is 12.8. The lowest BCUT2D eigenvalue weighted by Gasteiger charge is -2.12. The minimum absolute atomic E-state index is 0.405. The molecule has 6 heteroatoms. The Morgan fingerprint density at radius 2 is 2.19 bits per heavy atom. The van der Waals surface area contributed by atoms with Gasteiger partial charge in [-0.3, -0.25) is 9.67 Å². The van der Waals surface area contributed by atoms with Crippen LogP contribution in [0, 0.1) is 0 Å². The smallest absolute Gasteiger partial charge is 0.0912 e. The molecule has 0 aliphatic carbocycles. The largest absolute Gasteiger partial charge is 0.318 e. The van der Waals surface area contributed by atoms with Gasteiger partial charge < -0.3 is 5.73 Å². The number of aryl methyl sites for hydroxylation is 1. The number of nitrogens with two attached hydrogens (primary N) is 1. The van der Waals surface area contributed by atoms with Gasteiger partial charge in [-0.2, -0.15) is 5.10 Å². The topological polar surface area (TPSA) is 56.7 Å². The molecule has 84 valence electrons. The van der Waals surface area contributed by atoms with Crippen LogP contribution in [-0.2, 0) is 7.05 Å². The molecule has 0 aliphatic heterocycles. The van der Waals surface area contributed by atoms with Crippen LogP contribution in [0.2, 0.25) is 10.0 Å². The van der Waals surface area contributed by atoms with Gasteiger partial charge in [0.05, 0.1) is 27.5 Å². The maximum atomic E-state index is 6.06. The summed E-state index contributed by atoms with van der Waals surface area (Å²) in [5.74, 6) is 0. The van der Waals surface area contributed by atoms with Crippen molar-refractivity contribution >= 4 is 23.2 Å². The Morgan fingerprint density at radius 1 is 1.44 bits per heavy atom. The Kier molecular flexibility index (Phi) is 3.14. The van der Waals surface area contributed by atoms with Crippen LogP contribution >= 0.6 is 23.2 Å². The van der Waals surface area contributed by atoms with Gasteiger partial charge in [0.15, 0.2) is 0 Å². The number of hydrogen-bond acceptors (Lipinski definition) is 3. The van der Waals surface area contributed by atoms with Crippen molar-refractivity contribution in [1.29, 1.82) is 0 Å². The number of halogens is 2. The Bertz CT molecular complexity index is 509. The highest BCUT2D eigenvalue weighted by molar-refractivity contribution is 6.34. The van der Waals surface area contributed by atoms with E-state index in [9.17, 15) is 0 Å². The molecule has 2 N–H and O–H groups in total. The van der Waals surface area contributed by atoms with Crippen LogP contribution in [0.25, 0.3) is 0 Å². The zero-order valence-corrected chi connectivity index (χ0v) is 10.1. The molecule has 1 atom stereocenters. The molecule has 0 fully saturated rings. The van der Waals surface area contributed by atoms with Crippen molar-refractivity contribution in [3.05, 3.63) is 46.0 Å². The van der Waals surface area contributed by atoms with Gasteiger partial charge >= 0.3 is 0 Å². The SMILES string of the molecule is Cn1nccc1C(N)c1ncc(Cl)cc1Cl. The highest BCUT2D eigenvalue weighted by Crippen LogP contribution is 2.26. The molecule has 0 bridgehead atoms. The van der Waals surface area contributed by atoms with Gasteiger partial charge in [-0.15, -0.1) is 0 Å². The highest BCUT2D eigenvalue weighted by Gasteiger charge is 2.17. The molecule has 2 aromatic heterocycles. The molecule has 0 saturated heterocycles. The number of pyridine rings is 1. The summed E-state index contributed by atoms with van der Waals surface area (Å²) in [4.78, 5) is 4.14. The quantitative estimate of drug-likeness (QED) is 0.896. The lowest BCUT2D eigenvalue weighted by atomic mass is 10.1. The first kappa shape index (κ1) is 11.4. The fourth-order valence-corrected chi connectivity index (χ4v) is 1.98. The molecule has 2 rings (SSSR count). The van der Waals surface area contributed by atoms with Gasteiger partial charge in [0.1, 0.15) is 0 Å². The summed E-state index contributed by atoms with van der Waals surface area (Å²) in [6, 6.07) is 3.05. The molecule has 0 saturated carbocycles. The number of hydrogen-bond donors (Lipinski definition) is 1. The van der Waals surface area contributed by atoms with E-state index in [0.717, 1.165) is 5.69 Å².